The minimum Gasteiger partial charge on any atom is -0.490 e. The summed E-state index contributed by atoms with van der Waals surface area (Å²) < 4.78 is 11.4. The summed E-state index contributed by atoms with van der Waals surface area (Å²) >= 11 is 0. The van der Waals surface area contributed by atoms with Crippen molar-refractivity contribution in [1.82, 2.24) is 4.90 Å². The van der Waals surface area contributed by atoms with Crippen molar-refractivity contribution in [2.75, 3.05) is 38.2 Å². The molecule has 0 spiro atoms. The number of nitrogens with zero attached hydrogens (tertiary/aromatic N) is 1. The second-order valence-corrected chi connectivity index (χ2v) is 6.27. The maximum Gasteiger partial charge on any atom is 0.241 e. The molecule has 0 saturated carbocycles. The van der Waals surface area contributed by atoms with E-state index in [2.05, 4.69) is 19.2 Å². The number of hydrogen-bond donors (Lipinski definition) is 1. The van der Waals surface area contributed by atoms with Crippen molar-refractivity contribution in [1.29, 1.82) is 0 Å². The van der Waals surface area contributed by atoms with Gasteiger partial charge in [-0.15, -0.1) is 0 Å². The molecule has 27 heavy (non-hydrogen) atoms. The van der Waals surface area contributed by atoms with Gasteiger partial charge in [0.25, 0.3) is 0 Å². The third-order valence-corrected chi connectivity index (χ3v) is 3.98. The highest BCUT2D eigenvalue weighted by Gasteiger charge is 2.11. The first-order valence-corrected chi connectivity index (χ1v) is 9.65. The highest BCUT2D eigenvalue weighted by atomic mass is 16.5. The van der Waals surface area contributed by atoms with Gasteiger partial charge in [0.2, 0.25) is 5.91 Å². The number of carbonyl (C=O) groups is 1. The monoisotopic (exact) mass is 370 g/mol. The summed E-state index contributed by atoms with van der Waals surface area (Å²) in [5.74, 6) is 1.71. The van der Waals surface area contributed by atoms with Gasteiger partial charge in [0.05, 0.1) is 6.54 Å². The smallest absolute Gasteiger partial charge is 0.241 e. The van der Waals surface area contributed by atoms with Crippen molar-refractivity contribution in [3.8, 4) is 11.5 Å². The maximum atomic E-state index is 12.3. The maximum absolute atomic E-state index is 12.3. The molecule has 1 amide bonds. The molecule has 2 rings (SSSR count). The molecule has 0 atom stereocenters. The molecule has 1 N–H and O–H groups in total. The van der Waals surface area contributed by atoms with E-state index >= 15 is 0 Å². The average Bonchev–Trinajstić information content (AvgIpc) is 2.70. The van der Waals surface area contributed by atoms with E-state index in [0.29, 0.717) is 19.8 Å². The van der Waals surface area contributed by atoms with Crippen molar-refractivity contribution in [3.05, 3.63) is 54.6 Å². The summed E-state index contributed by atoms with van der Waals surface area (Å²) in [6, 6.07) is 17.3. The van der Waals surface area contributed by atoms with Gasteiger partial charge in [-0.2, -0.15) is 0 Å². The minimum atomic E-state index is 0.126. The fourth-order valence-corrected chi connectivity index (χ4v) is 2.72. The molecule has 0 aromatic heterocycles. The first-order valence-electron chi connectivity index (χ1n) is 9.65. The van der Waals surface area contributed by atoms with Crippen LogP contribution in [0.5, 0.6) is 11.5 Å². The van der Waals surface area contributed by atoms with E-state index in [9.17, 15) is 4.79 Å². The van der Waals surface area contributed by atoms with Crippen LogP contribution in [0, 0.1) is 0 Å². The zero-order chi connectivity index (χ0) is 19.3. The highest BCUT2D eigenvalue weighted by Crippen LogP contribution is 2.17. The van der Waals surface area contributed by atoms with Gasteiger partial charge in [-0.3, -0.25) is 4.79 Å². The van der Waals surface area contributed by atoms with Gasteiger partial charge < -0.3 is 19.7 Å². The van der Waals surface area contributed by atoms with Gasteiger partial charge >= 0.3 is 0 Å². The molecule has 5 heteroatoms. The van der Waals surface area contributed by atoms with Gasteiger partial charge in [0, 0.05) is 24.8 Å². The Hall–Kier alpha value is -2.69. The largest absolute Gasteiger partial charge is 0.490 e. The molecule has 0 radical (unpaired) electrons. The molecule has 0 saturated heterocycles. The van der Waals surface area contributed by atoms with Crippen molar-refractivity contribution < 1.29 is 14.3 Å². The van der Waals surface area contributed by atoms with Crippen LogP contribution in [0.15, 0.2) is 54.6 Å². The molecule has 0 bridgehead atoms. The van der Waals surface area contributed by atoms with Crippen molar-refractivity contribution in [2.24, 2.45) is 0 Å². The van der Waals surface area contributed by atoms with E-state index in [1.54, 1.807) is 0 Å². The lowest BCUT2D eigenvalue weighted by Crippen LogP contribution is -2.36. The predicted molar refractivity (Wildman–Crippen MR) is 110 cm³/mol. The number of hydrogen-bond acceptors (Lipinski definition) is 4. The number of amides is 1. The predicted octanol–water partition coefficient (Wildman–Crippen LogP) is 4.20. The van der Waals surface area contributed by atoms with E-state index < -0.39 is 0 Å². The SMILES string of the molecule is CCCN(CCC)C(=O)CNc1cccc(OCCOc2ccccc2)c1. The summed E-state index contributed by atoms with van der Waals surface area (Å²) in [7, 11) is 0. The molecule has 0 heterocycles. The summed E-state index contributed by atoms with van der Waals surface area (Å²) in [6.07, 6.45) is 1.94. The van der Waals surface area contributed by atoms with Gasteiger partial charge in [0.1, 0.15) is 24.7 Å². The molecule has 0 unspecified atom stereocenters. The number of ether oxygens (including phenoxy) is 2. The lowest BCUT2D eigenvalue weighted by Gasteiger charge is -2.22. The number of anilines is 1. The zero-order valence-electron chi connectivity index (χ0n) is 16.3. The molecule has 2 aromatic carbocycles. The Morgan fingerprint density at radius 3 is 2.19 bits per heavy atom. The normalized spacial score (nSPS) is 10.3. The van der Waals surface area contributed by atoms with E-state index in [4.69, 9.17) is 9.47 Å². The van der Waals surface area contributed by atoms with Gasteiger partial charge in [-0.05, 0) is 37.1 Å². The Morgan fingerprint density at radius 2 is 1.52 bits per heavy atom. The lowest BCUT2D eigenvalue weighted by molar-refractivity contribution is -0.129. The number of nitrogens with one attached hydrogen (secondary N) is 1. The minimum absolute atomic E-state index is 0.126. The van der Waals surface area contributed by atoms with Gasteiger partial charge in [-0.1, -0.05) is 38.1 Å². The Balaban J connectivity index is 1.76. The fourth-order valence-electron chi connectivity index (χ4n) is 2.72. The molecule has 0 fully saturated rings. The van der Waals surface area contributed by atoms with Crippen molar-refractivity contribution in [3.63, 3.8) is 0 Å². The Labute approximate surface area is 162 Å². The number of benzene rings is 2. The Kier molecular flexibility index (Phi) is 9.04. The molecular weight excluding hydrogens is 340 g/mol. The van der Waals surface area contributed by atoms with Crippen LogP contribution >= 0.6 is 0 Å². The van der Waals surface area contributed by atoms with Crippen LogP contribution in [0.1, 0.15) is 26.7 Å². The molecule has 0 aliphatic heterocycles. The molecule has 0 aliphatic carbocycles. The van der Waals surface area contributed by atoms with E-state index in [1.807, 2.05) is 59.5 Å². The standard InChI is InChI=1S/C22H30N2O3/c1-3-13-24(14-4-2)22(25)18-23-19-9-8-12-21(17-19)27-16-15-26-20-10-6-5-7-11-20/h5-12,17,23H,3-4,13-16,18H2,1-2H3. The van der Waals surface area contributed by atoms with Crippen LogP contribution in [-0.4, -0.2) is 43.7 Å². The summed E-state index contributed by atoms with van der Waals surface area (Å²) in [5, 5.41) is 3.20. The van der Waals surface area contributed by atoms with Crippen LogP contribution in [0.25, 0.3) is 0 Å². The number of para-hydroxylation sites is 1. The second kappa shape index (κ2) is 11.8. The van der Waals surface area contributed by atoms with Gasteiger partial charge in [0.15, 0.2) is 0 Å². The molecule has 146 valence electrons. The molecule has 2 aromatic rings. The Bertz CT molecular complexity index is 670. The fraction of sp³-hybridized carbons (Fsp3) is 0.409. The van der Waals surface area contributed by atoms with E-state index in [-0.39, 0.29) is 5.91 Å². The Morgan fingerprint density at radius 1 is 0.889 bits per heavy atom. The van der Waals surface area contributed by atoms with Crippen LogP contribution in [0.4, 0.5) is 5.69 Å². The number of rotatable bonds is 12. The van der Waals surface area contributed by atoms with Crippen LogP contribution in [-0.2, 0) is 4.79 Å². The van der Waals surface area contributed by atoms with Crippen LogP contribution in [0.3, 0.4) is 0 Å². The first kappa shape index (κ1) is 20.6. The van der Waals surface area contributed by atoms with E-state index in [1.165, 1.54) is 0 Å². The van der Waals surface area contributed by atoms with Gasteiger partial charge in [-0.25, -0.2) is 0 Å². The molecule has 5 nitrogen and oxygen atoms in total. The lowest BCUT2D eigenvalue weighted by atomic mass is 10.3. The zero-order valence-corrected chi connectivity index (χ0v) is 16.3. The van der Waals surface area contributed by atoms with Crippen molar-refractivity contribution in [2.45, 2.75) is 26.7 Å². The van der Waals surface area contributed by atoms with Crippen LogP contribution < -0.4 is 14.8 Å². The average molecular weight is 370 g/mol. The van der Waals surface area contributed by atoms with Crippen LogP contribution in [0.2, 0.25) is 0 Å². The first-order chi connectivity index (χ1) is 13.2. The summed E-state index contributed by atoms with van der Waals surface area (Å²) in [6.45, 7) is 7.01. The molecular formula is C22H30N2O3. The summed E-state index contributed by atoms with van der Waals surface area (Å²) in [5.41, 5.74) is 0.873. The molecule has 0 aliphatic rings. The van der Waals surface area contributed by atoms with Crippen molar-refractivity contribution >= 4 is 11.6 Å². The second-order valence-electron chi connectivity index (χ2n) is 6.27. The highest BCUT2D eigenvalue weighted by molar-refractivity contribution is 5.80. The van der Waals surface area contributed by atoms with E-state index in [0.717, 1.165) is 43.1 Å². The third-order valence-electron chi connectivity index (χ3n) is 3.98. The number of carbonyl (C=O) groups excluding carboxylic acids is 1. The third kappa shape index (κ3) is 7.60. The quantitative estimate of drug-likeness (QED) is 0.569. The summed E-state index contributed by atoms with van der Waals surface area (Å²) in [4.78, 5) is 14.3. The topological polar surface area (TPSA) is 50.8 Å².